The van der Waals surface area contributed by atoms with Crippen LogP contribution in [0, 0.1) is 20.2 Å². The zero-order valence-electron chi connectivity index (χ0n) is 13.2. The minimum atomic E-state index is -0.930. The summed E-state index contributed by atoms with van der Waals surface area (Å²) in [5, 5.41) is 24.1. The Bertz CT molecular complexity index is 628. The minimum Gasteiger partial charge on any atom is -0.464 e. The maximum atomic E-state index is 12.2. The lowest BCUT2D eigenvalue weighted by Gasteiger charge is -2.16. The van der Waals surface area contributed by atoms with Crippen LogP contribution >= 0.6 is 0 Å². The molecular weight excluding hydrogens is 322 g/mol. The van der Waals surface area contributed by atoms with Crippen molar-refractivity contribution in [1.29, 1.82) is 0 Å². The average molecular weight is 339 g/mol. The number of non-ortho nitro benzene ring substituents is 2. The second-order valence-corrected chi connectivity index (χ2v) is 4.82. The molecule has 0 bridgehead atoms. The Balaban J connectivity index is 3.10. The first-order valence-corrected chi connectivity index (χ1v) is 7.21. The third-order valence-electron chi connectivity index (χ3n) is 3.04. The molecule has 0 heterocycles. The second kappa shape index (κ2) is 8.56. The van der Waals surface area contributed by atoms with Crippen molar-refractivity contribution in [3.05, 3.63) is 44.0 Å². The molecular formula is C14H17N3O7. The molecule has 1 aromatic rings. The number of nitrogens with one attached hydrogen (secondary N) is 1. The lowest BCUT2D eigenvalue weighted by atomic mass is 10.1. The number of carbonyl (C=O) groups excluding carboxylic acids is 2. The number of esters is 1. The van der Waals surface area contributed by atoms with Crippen LogP contribution in [-0.2, 0) is 9.53 Å². The van der Waals surface area contributed by atoms with Gasteiger partial charge >= 0.3 is 5.97 Å². The van der Waals surface area contributed by atoms with Crippen molar-refractivity contribution in [1.82, 2.24) is 5.32 Å². The number of rotatable bonds is 8. The molecule has 0 radical (unpaired) electrons. The number of amides is 1. The molecule has 1 rings (SSSR count). The molecule has 1 atom stereocenters. The number of nitro benzene ring substituents is 2. The molecule has 0 saturated carbocycles. The van der Waals surface area contributed by atoms with E-state index in [4.69, 9.17) is 4.74 Å². The van der Waals surface area contributed by atoms with Crippen molar-refractivity contribution in [2.24, 2.45) is 0 Å². The first-order valence-electron chi connectivity index (χ1n) is 7.21. The molecule has 10 heteroatoms. The Morgan fingerprint density at radius 3 is 2.08 bits per heavy atom. The summed E-state index contributed by atoms with van der Waals surface area (Å²) in [6.07, 6.45) is 0.889. The lowest BCUT2D eigenvalue weighted by molar-refractivity contribution is -0.394. The van der Waals surface area contributed by atoms with Crippen LogP contribution in [0.2, 0.25) is 0 Å². The molecule has 1 amide bonds. The monoisotopic (exact) mass is 339 g/mol. The molecule has 1 aromatic carbocycles. The van der Waals surface area contributed by atoms with Gasteiger partial charge in [0.2, 0.25) is 0 Å². The van der Waals surface area contributed by atoms with Crippen LogP contribution in [-0.4, -0.2) is 34.4 Å². The van der Waals surface area contributed by atoms with Gasteiger partial charge in [0.1, 0.15) is 6.04 Å². The van der Waals surface area contributed by atoms with E-state index in [-0.39, 0.29) is 12.2 Å². The molecule has 0 unspecified atom stereocenters. The Kier molecular flexibility index (Phi) is 6.78. The fourth-order valence-corrected chi connectivity index (χ4v) is 1.96. The maximum Gasteiger partial charge on any atom is 0.328 e. The fourth-order valence-electron chi connectivity index (χ4n) is 1.96. The van der Waals surface area contributed by atoms with Gasteiger partial charge in [0.25, 0.3) is 17.3 Å². The smallest absolute Gasteiger partial charge is 0.328 e. The first kappa shape index (κ1) is 19.0. The van der Waals surface area contributed by atoms with E-state index in [9.17, 15) is 29.8 Å². The van der Waals surface area contributed by atoms with Gasteiger partial charge in [0.15, 0.2) is 0 Å². The van der Waals surface area contributed by atoms with E-state index in [1.54, 1.807) is 13.8 Å². The van der Waals surface area contributed by atoms with E-state index in [1.165, 1.54) is 0 Å². The van der Waals surface area contributed by atoms with Gasteiger partial charge in [-0.3, -0.25) is 25.0 Å². The lowest BCUT2D eigenvalue weighted by Crippen LogP contribution is -2.41. The van der Waals surface area contributed by atoms with Gasteiger partial charge < -0.3 is 10.1 Å². The summed E-state index contributed by atoms with van der Waals surface area (Å²) in [5.74, 6) is -1.46. The largest absolute Gasteiger partial charge is 0.464 e. The summed E-state index contributed by atoms with van der Waals surface area (Å²) in [6.45, 7) is 3.56. The molecule has 0 aromatic heterocycles. The van der Waals surface area contributed by atoms with Crippen LogP contribution in [0.1, 0.15) is 37.0 Å². The van der Waals surface area contributed by atoms with Crippen LogP contribution in [0.25, 0.3) is 0 Å². The molecule has 0 aliphatic heterocycles. The van der Waals surface area contributed by atoms with E-state index < -0.39 is 39.1 Å². The highest BCUT2D eigenvalue weighted by molar-refractivity contribution is 5.97. The van der Waals surface area contributed by atoms with E-state index in [0.29, 0.717) is 12.8 Å². The SMILES string of the molecule is CCC[C@H](NC(=O)c1cc([N+](=O)[O-])cc([N+](=O)[O-])c1)C(=O)OCC. The van der Waals surface area contributed by atoms with Gasteiger partial charge in [-0.05, 0) is 13.3 Å². The number of ether oxygens (including phenoxy) is 1. The van der Waals surface area contributed by atoms with Crippen molar-refractivity contribution >= 4 is 23.3 Å². The van der Waals surface area contributed by atoms with Gasteiger partial charge in [0, 0.05) is 12.1 Å². The Morgan fingerprint density at radius 1 is 1.12 bits per heavy atom. The topological polar surface area (TPSA) is 142 Å². The van der Waals surface area contributed by atoms with Crippen LogP contribution < -0.4 is 5.32 Å². The molecule has 24 heavy (non-hydrogen) atoms. The summed E-state index contributed by atoms with van der Waals surface area (Å²) in [5.41, 5.74) is -1.45. The van der Waals surface area contributed by atoms with Gasteiger partial charge in [-0.2, -0.15) is 0 Å². The predicted octanol–water partition coefficient (Wildman–Crippen LogP) is 1.96. The fraction of sp³-hybridized carbons (Fsp3) is 0.429. The number of hydrogen-bond donors (Lipinski definition) is 1. The van der Waals surface area contributed by atoms with Crippen molar-refractivity contribution in [3.63, 3.8) is 0 Å². The second-order valence-electron chi connectivity index (χ2n) is 4.82. The number of nitro groups is 2. The average Bonchev–Trinajstić information content (AvgIpc) is 2.53. The summed E-state index contributed by atoms with van der Waals surface area (Å²) in [4.78, 5) is 44.0. The summed E-state index contributed by atoms with van der Waals surface area (Å²) >= 11 is 0. The molecule has 0 aliphatic rings. The molecule has 10 nitrogen and oxygen atoms in total. The van der Waals surface area contributed by atoms with E-state index in [2.05, 4.69) is 5.32 Å². The summed E-state index contributed by atoms with van der Waals surface area (Å²) in [7, 11) is 0. The van der Waals surface area contributed by atoms with E-state index in [0.717, 1.165) is 18.2 Å². The number of carbonyl (C=O) groups is 2. The molecule has 0 spiro atoms. The van der Waals surface area contributed by atoms with Crippen LogP contribution in [0.4, 0.5) is 11.4 Å². The highest BCUT2D eigenvalue weighted by atomic mass is 16.6. The van der Waals surface area contributed by atoms with Crippen LogP contribution in [0.15, 0.2) is 18.2 Å². The Morgan fingerprint density at radius 2 is 1.67 bits per heavy atom. The highest BCUT2D eigenvalue weighted by Crippen LogP contribution is 2.22. The molecule has 0 aliphatic carbocycles. The van der Waals surface area contributed by atoms with Crippen molar-refractivity contribution in [3.8, 4) is 0 Å². The molecule has 1 N–H and O–H groups in total. The van der Waals surface area contributed by atoms with E-state index in [1.807, 2.05) is 0 Å². The normalized spacial score (nSPS) is 11.4. The third kappa shape index (κ3) is 5.00. The molecule has 130 valence electrons. The highest BCUT2D eigenvalue weighted by Gasteiger charge is 2.25. The number of hydrogen-bond acceptors (Lipinski definition) is 7. The number of nitrogens with zero attached hydrogens (tertiary/aromatic N) is 2. The minimum absolute atomic E-state index is 0.136. The standard InChI is InChI=1S/C14H17N3O7/c1-3-5-12(14(19)24-4-2)15-13(18)9-6-10(16(20)21)8-11(7-9)17(22)23/h6-8,12H,3-5H2,1-2H3,(H,15,18)/t12-/m0/s1. The van der Waals surface area contributed by atoms with Crippen LogP contribution in [0.3, 0.4) is 0 Å². The van der Waals surface area contributed by atoms with Crippen molar-refractivity contribution < 1.29 is 24.2 Å². The van der Waals surface area contributed by atoms with Gasteiger partial charge in [-0.25, -0.2) is 4.79 Å². The van der Waals surface area contributed by atoms with Crippen molar-refractivity contribution in [2.75, 3.05) is 6.61 Å². The van der Waals surface area contributed by atoms with Gasteiger partial charge in [-0.1, -0.05) is 13.3 Å². The maximum absolute atomic E-state index is 12.2. The Hall–Kier alpha value is -3.04. The zero-order valence-corrected chi connectivity index (χ0v) is 13.2. The van der Waals surface area contributed by atoms with Crippen molar-refractivity contribution in [2.45, 2.75) is 32.7 Å². The van der Waals surface area contributed by atoms with E-state index >= 15 is 0 Å². The predicted molar refractivity (Wildman–Crippen MR) is 82.5 cm³/mol. The number of benzene rings is 1. The third-order valence-corrected chi connectivity index (χ3v) is 3.04. The zero-order chi connectivity index (χ0) is 18.3. The van der Waals surface area contributed by atoms with Crippen LogP contribution in [0.5, 0.6) is 0 Å². The van der Waals surface area contributed by atoms with Gasteiger partial charge in [0.05, 0.1) is 28.1 Å². The summed E-state index contributed by atoms with van der Waals surface area (Å²) in [6, 6.07) is 1.65. The molecule has 0 saturated heterocycles. The van der Waals surface area contributed by atoms with Gasteiger partial charge in [-0.15, -0.1) is 0 Å². The first-order chi connectivity index (χ1) is 11.3. The summed E-state index contributed by atoms with van der Waals surface area (Å²) < 4.78 is 4.85. The molecule has 0 fully saturated rings. The quantitative estimate of drug-likeness (QED) is 0.433. The Labute approximate surface area is 137 Å².